The fourth-order valence-corrected chi connectivity index (χ4v) is 3.85. The summed E-state index contributed by atoms with van der Waals surface area (Å²) in [6.45, 7) is -0.558. The van der Waals surface area contributed by atoms with Crippen LogP contribution in [0.2, 0.25) is 5.02 Å². The smallest absolute Gasteiger partial charge is 0.244 e. The summed E-state index contributed by atoms with van der Waals surface area (Å²) in [4.78, 5) is 25.8. The monoisotopic (exact) mass is 393 g/mol. The second-order valence-corrected chi connectivity index (χ2v) is 8.24. The van der Waals surface area contributed by atoms with Gasteiger partial charge in [-0.1, -0.05) is 23.7 Å². The van der Waals surface area contributed by atoms with Crippen molar-refractivity contribution in [3.63, 3.8) is 0 Å². The van der Waals surface area contributed by atoms with Crippen LogP contribution in [-0.4, -0.2) is 44.7 Å². The van der Waals surface area contributed by atoms with Crippen molar-refractivity contribution in [1.82, 2.24) is 4.31 Å². The van der Waals surface area contributed by atoms with E-state index in [1.54, 1.807) is 24.3 Å². The number of anilines is 2. The predicted octanol–water partition coefficient (Wildman–Crippen LogP) is 1.95. The molecule has 9 heteroatoms. The number of sulfonamides is 1. The van der Waals surface area contributed by atoms with Gasteiger partial charge in [-0.2, -0.15) is 4.31 Å². The minimum atomic E-state index is -3.85. The van der Waals surface area contributed by atoms with E-state index in [4.69, 9.17) is 11.6 Å². The fourth-order valence-electron chi connectivity index (χ4n) is 2.60. The lowest BCUT2D eigenvalue weighted by Gasteiger charge is -2.30. The Morgan fingerprint density at radius 2 is 1.85 bits per heavy atom. The molecule has 3 rings (SSSR count). The molecule has 0 aromatic heterocycles. The van der Waals surface area contributed by atoms with Crippen LogP contribution in [0.5, 0.6) is 0 Å². The number of carbonyl (C=O) groups is 2. The molecule has 1 heterocycles. The average Bonchev–Trinajstić information content (AvgIpc) is 2.61. The molecule has 0 unspecified atom stereocenters. The van der Waals surface area contributed by atoms with Crippen molar-refractivity contribution in [3.8, 4) is 0 Å². The van der Waals surface area contributed by atoms with Crippen molar-refractivity contribution in [2.45, 2.75) is 4.90 Å². The number of nitrogens with one attached hydrogen (secondary N) is 1. The summed E-state index contributed by atoms with van der Waals surface area (Å²) in [7, 11) is -2.54. The van der Waals surface area contributed by atoms with Gasteiger partial charge in [0.25, 0.3) is 0 Å². The maximum Gasteiger partial charge on any atom is 0.244 e. The summed E-state index contributed by atoms with van der Waals surface area (Å²) in [5.41, 5.74) is 1.05. The van der Waals surface area contributed by atoms with Crippen LogP contribution in [0, 0.1) is 0 Å². The molecule has 0 aliphatic carbocycles. The Balaban J connectivity index is 1.81. The molecular weight excluding hydrogens is 378 g/mol. The highest BCUT2D eigenvalue weighted by Gasteiger charge is 2.30. The summed E-state index contributed by atoms with van der Waals surface area (Å²) in [5.74, 6) is -0.826. The molecular formula is C17H16ClN3O4S. The summed E-state index contributed by atoms with van der Waals surface area (Å²) in [5, 5.41) is 3.10. The standard InChI is InChI=1S/C17H16ClN3O4S/c1-20(26(24,25)13-8-6-12(18)7-9-13)11-17(23)21-10-16(22)19-14-4-2-3-5-15(14)21/h2-9H,10-11H2,1H3,(H,19,22). The lowest BCUT2D eigenvalue weighted by molar-refractivity contribution is -0.121. The second-order valence-electron chi connectivity index (χ2n) is 5.76. The first-order valence-electron chi connectivity index (χ1n) is 7.70. The topological polar surface area (TPSA) is 86.8 Å². The predicted molar refractivity (Wildman–Crippen MR) is 98.7 cm³/mol. The quantitative estimate of drug-likeness (QED) is 0.860. The van der Waals surface area contributed by atoms with E-state index >= 15 is 0 Å². The Kier molecular flexibility index (Phi) is 4.99. The van der Waals surface area contributed by atoms with Gasteiger partial charge in [-0.3, -0.25) is 14.5 Å². The average molecular weight is 394 g/mol. The maximum atomic E-state index is 12.7. The van der Waals surface area contributed by atoms with Crippen LogP contribution in [-0.2, 0) is 19.6 Å². The van der Waals surface area contributed by atoms with Crippen molar-refractivity contribution in [3.05, 3.63) is 53.6 Å². The zero-order chi connectivity index (χ0) is 18.9. The van der Waals surface area contributed by atoms with E-state index in [1.807, 2.05) is 0 Å². The summed E-state index contributed by atoms with van der Waals surface area (Å²) >= 11 is 5.78. The first-order valence-corrected chi connectivity index (χ1v) is 9.52. The Morgan fingerprint density at radius 3 is 2.54 bits per heavy atom. The molecule has 136 valence electrons. The maximum absolute atomic E-state index is 12.7. The molecule has 0 saturated carbocycles. The van der Waals surface area contributed by atoms with Gasteiger partial charge < -0.3 is 5.32 Å². The fraction of sp³-hybridized carbons (Fsp3) is 0.176. The number of fused-ring (bicyclic) bond motifs is 1. The molecule has 2 amide bonds. The molecule has 0 bridgehead atoms. The SMILES string of the molecule is CN(CC(=O)N1CC(=O)Nc2ccccc21)S(=O)(=O)c1ccc(Cl)cc1. The Morgan fingerprint density at radius 1 is 1.19 bits per heavy atom. The minimum Gasteiger partial charge on any atom is -0.323 e. The molecule has 0 saturated heterocycles. The molecule has 1 N–H and O–H groups in total. The molecule has 0 radical (unpaired) electrons. The summed E-state index contributed by atoms with van der Waals surface area (Å²) in [6, 6.07) is 12.5. The molecule has 1 aliphatic rings. The van der Waals surface area contributed by atoms with Crippen LogP contribution in [0.3, 0.4) is 0 Å². The molecule has 0 fully saturated rings. The van der Waals surface area contributed by atoms with Crippen LogP contribution in [0.4, 0.5) is 11.4 Å². The largest absolute Gasteiger partial charge is 0.323 e. The molecule has 7 nitrogen and oxygen atoms in total. The third-order valence-electron chi connectivity index (χ3n) is 3.95. The molecule has 1 aliphatic heterocycles. The van der Waals surface area contributed by atoms with E-state index < -0.39 is 22.5 Å². The number of nitrogens with zero attached hydrogens (tertiary/aromatic N) is 2. The number of amides is 2. The van der Waals surface area contributed by atoms with E-state index in [9.17, 15) is 18.0 Å². The first kappa shape index (κ1) is 18.4. The van der Waals surface area contributed by atoms with Gasteiger partial charge in [-0.15, -0.1) is 0 Å². The highest BCUT2D eigenvalue weighted by molar-refractivity contribution is 7.89. The van der Waals surface area contributed by atoms with Crippen LogP contribution in [0.1, 0.15) is 0 Å². The first-order chi connectivity index (χ1) is 12.3. The summed E-state index contributed by atoms with van der Waals surface area (Å²) in [6.07, 6.45) is 0. The zero-order valence-corrected chi connectivity index (χ0v) is 15.4. The van der Waals surface area contributed by atoms with Crippen LogP contribution in [0.15, 0.2) is 53.4 Å². The normalized spacial score (nSPS) is 14.1. The molecule has 0 atom stereocenters. The van der Waals surface area contributed by atoms with Gasteiger partial charge in [0.2, 0.25) is 21.8 Å². The third kappa shape index (κ3) is 3.57. The summed E-state index contributed by atoms with van der Waals surface area (Å²) < 4.78 is 26.2. The Labute approximate surface area is 156 Å². The molecule has 26 heavy (non-hydrogen) atoms. The minimum absolute atomic E-state index is 0.0361. The second kappa shape index (κ2) is 7.06. The van der Waals surface area contributed by atoms with Crippen molar-refractivity contribution < 1.29 is 18.0 Å². The van der Waals surface area contributed by atoms with Crippen LogP contribution < -0.4 is 10.2 Å². The number of rotatable bonds is 4. The number of para-hydroxylation sites is 2. The van der Waals surface area contributed by atoms with Crippen molar-refractivity contribution in [2.75, 3.05) is 30.4 Å². The van der Waals surface area contributed by atoms with Crippen LogP contribution in [0.25, 0.3) is 0 Å². The van der Waals surface area contributed by atoms with Crippen LogP contribution >= 0.6 is 11.6 Å². The van der Waals surface area contributed by atoms with E-state index in [2.05, 4.69) is 5.32 Å². The molecule has 2 aromatic carbocycles. The number of hydrogen-bond acceptors (Lipinski definition) is 4. The van der Waals surface area contributed by atoms with E-state index in [-0.39, 0.29) is 17.3 Å². The number of halogens is 1. The Bertz CT molecular complexity index is 960. The van der Waals surface area contributed by atoms with Crippen molar-refractivity contribution >= 4 is 44.8 Å². The van der Waals surface area contributed by atoms with Gasteiger partial charge >= 0.3 is 0 Å². The zero-order valence-electron chi connectivity index (χ0n) is 13.8. The highest BCUT2D eigenvalue weighted by atomic mass is 35.5. The van der Waals surface area contributed by atoms with Crippen molar-refractivity contribution in [2.24, 2.45) is 0 Å². The number of carbonyl (C=O) groups excluding carboxylic acids is 2. The Hall–Kier alpha value is -2.42. The van der Waals surface area contributed by atoms with E-state index in [1.165, 1.54) is 36.2 Å². The van der Waals surface area contributed by atoms with E-state index in [0.717, 1.165) is 4.31 Å². The number of benzene rings is 2. The van der Waals surface area contributed by atoms with Gasteiger partial charge in [0.15, 0.2) is 0 Å². The van der Waals surface area contributed by atoms with E-state index in [0.29, 0.717) is 16.4 Å². The third-order valence-corrected chi connectivity index (χ3v) is 6.02. The van der Waals surface area contributed by atoms with Gasteiger partial charge in [0.05, 0.1) is 22.8 Å². The lowest BCUT2D eigenvalue weighted by Crippen LogP contribution is -2.46. The molecule has 0 spiro atoms. The molecule has 2 aromatic rings. The van der Waals surface area contributed by atoms with Gasteiger partial charge in [-0.25, -0.2) is 8.42 Å². The highest BCUT2D eigenvalue weighted by Crippen LogP contribution is 2.29. The van der Waals surface area contributed by atoms with Gasteiger partial charge in [0, 0.05) is 12.1 Å². The van der Waals surface area contributed by atoms with Gasteiger partial charge in [0.1, 0.15) is 6.54 Å². The number of hydrogen-bond donors (Lipinski definition) is 1. The lowest BCUT2D eigenvalue weighted by atomic mass is 10.2. The van der Waals surface area contributed by atoms with Crippen molar-refractivity contribution in [1.29, 1.82) is 0 Å². The van der Waals surface area contributed by atoms with Gasteiger partial charge in [-0.05, 0) is 36.4 Å². The number of likely N-dealkylation sites (N-methyl/N-ethyl adjacent to an activating group) is 1.